The molecule has 0 aromatic carbocycles. The number of rotatable bonds is 5. The van der Waals surface area contributed by atoms with Crippen LogP contribution in [0, 0.1) is 0 Å². The van der Waals surface area contributed by atoms with E-state index in [2.05, 4.69) is 25.2 Å². The van der Waals surface area contributed by atoms with Crippen molar-refractivity contribution in [1.29, 1.82) is 0 Å². The number of carbonyl (C=O) groups is 1. The van der Waals surface area contributed by atoms with Gasteiger partial charge in [-0.1, -0.05) is 6.92 Å². The van der Waals surface area contributed by atoms with Crippen LogP contribution in [0.25, 0.3) is 0 Å². The molecule has 0 unspecified atom stereocenters. The highest BCUT2D eigenvalue weighted by molar-refractivity contribution is 7.13. The Kier molecular flexibility index (Phi) is 5.14. The van der Waals surface area contributed by atoms with Crippen LogP contribution in [0.1, 0.15) is 28.8 Å². The third-order valence-electron chi connectivity index (χ3n) is 3.54. The Morgan fingerprint density at radius 2 is 2.09 bits per heavy atom. The van der Waals surface area contributed by atoms with Crippen molar-refractivity contribution in [2.75, 3.05) is 31.2 Å². The van der Waals surface area contributed by atoms with Crippen molar-refractivity contribution in [2.45, 2.75) is 19.9 Å². The monoisotopic (exact) mass is 333 g/mol. The van der Waals surface area contributed by atoms with Crippen LogP contribution in [-0.4, -0.2) is 47.2 Å². The third-order valence-corrected chi connectivity index (χ3v) is 4.49. The molecule has 1 aliphatic rings. The van der Waals surface area contributed by atoms with Crippen LogP contribution in [0.5, 0.6) is 0 Å². The van der Waals surface area contributed by atoms with Gasteiger partial charge in [-0.3, -0.25) is 4.79 Å². The van der Waals surface area contributed by atoms with Gasteiger partial charge in [0, 0.05) is 37.3 Å². The summed E-state index contributed by atoms with van der Waals surface area (Å²) < 4.78 is 5.34. The van der Waals surface area contributed by atoms with Gasteiger partial charge in [0.2, 0.25) is 0 Å². The average molecular weight is 333 g/mol. The zero-order valence-corrected chi connectivity index (χ0v) is 13.8. The van der Waals surface area contributed by atoms with E-state index in [1.165, 1.54) is 0 Å². The normalized spacial score (nSPS) is 14.7. The number of amides is 1. The summed E-state index contributed by atoms with van der Waals surface area (Å²) in [7, 11) is 0. The minimum atomic E-state index is -0.187. The van der Waals surface area contributed by atoms with Crippen LogP contribution in [0.2, 0.25) is 0 Å². The predicted molar refractivity (Wildman–Crippen MR) is 87.7 cm³/mol. The van der Waals surface area contributed by atoms with Crippen LogP contribution in [-0.2, 0) is 17.7 Å². The molecule has 23 heavy (non-hydrogen) atoms. The van der Waals surface area contributed by atoms with Gasteiger partial charge in [-0.15, -0.1) is 11.3 Å². The van der Waals surface area contributed by atoms with Crippen LogP contribution in [0.3, 0.4) is 0 Å². The molecule has 1 fully saturated rings. The largest absolute Gasteiger partial charge is 0.378 e. The molecule has 1 amide bonds. The molecule has 3 rings (SSSR count). The number of hydrogen-bond acceptors (Lipinski definition) is 7. The van der Waals surface area contributed by atoms with E-state index in [-0.39, 0.29) is 5.91 Å². The van der Waals surface area contributed by atoms with Crippen molar-refractivity contribution < 1.29 is 9.53 Å². The minimum Gasteiger partial charge on any atom is -0.378 e. The standard InChI is InChI=1S/C15H19N5O2S/c1-2-13-16-7-11(8-17-13)14(21)18-9-12-10-23-15(19-12)20-3-5-22-6-4-20/h7-8,10H,2-6,9H2,1H3,(H,18,21). The zero-order chi connectivity index (χ0) is 16.1. The lowest BCUT2D eigenvalue weighted by atomic mass is 10.3. The summed E-state index contributed by atoms with van der Waals surface area (Å²) in [5.41, 5.74) is 1.32. The van der Waals surface area contributed by atoms with Gasteiger partial charge >= 0.3 is 0 Å². The fourth-order valence-electron chi connectivity index (χ4n) is 2.20. The number of aromatic nitrogens is 3. The van der Waals surface area contributed by atoms with Gasteiger partial charge in [-0.2, -0.15) is 0 Å². The topological polar surface area (TPSA) is 80.2 Å². The van der Waals surface area contributed by atoms with Crippen molar-refractivity contribution in [3.63, 3.8) is 0 Å². The van der Waals surface area contributed by atoms with Crippen LogP contribution < -0.4 is 10.2 Å². The number of anilines is 1. The van der Waals surface area contributed by atoms with Gasteiger partial charge in [0.15, 0.2) is 5.13 Å². The van der Waals surface area contributed by atoms with E-state index in [0.717, 1.165) is 49.4 Å². The van der Waals surface area contributed by atoms with Crippen molar-refractivity contribution in [3.8, 4) is 0 Å². The number of ether oxygens (including phenoxy) is 1. The SMILES string of the molecule is CCc1ncc(C(=O)NCc2csc(N3CCOCC3)n2)cn1. The molecule has 122 valence electrons. The first-order valence-corrected chi connectivity index (χ1v) is 8.50. The maximum atomic E-state index is 12.1. The molecule has 8 heteroatoms. The molecular formula is C15H19N5O2S. The summed E-state index contributed by atoms with van der Waals surface area (Å²) >= 11 is 1.59. The fourth-order valence-corrected chi connectivity index (χ4v) is 3.08. The van der Waals surface area contributed by atoms with Crippen molar-refractivity contribution in [2.24, 2.45) is 0 Å². The Bertz CT molecular complexity index is 652. The lowest BCUT2D eigenvalue weighted by molar-refractivity contribution is 0.0949. The number of carbonyl (C=O) groups excluding carboxylic acids is 1. The van der Waals surface area contributed by atoms with E-state index in [1.807, 2.05) is 12.3 Å². The maximum absolute atomic E-state index is 12.1. The van der Waals surface area contributed by atoms with Gasteiger partial charge in [-0.05, 0) is 0 Å². The van der Waals surface area contributed by atoms with Gasteiger partial charge in [0.1, 0.15) is 5.82 Å². The maximum Gasteiger partial charge on any atom is 0.254 e. The molecule has 1 saturated heterocycles. The Morgan fingerprint density at radius 1 is 1.35 bits per heavy atom. The first-order valence-electron chi connectivity index (χ1n) is 7.62. The predicted octanol–water partition coefficient (Wildman–Crippen LogP) is 1.26. The lowest BCUT2D eigenvalue weighted by Crippen LogP contribution is -2.36. The molecular weight excluding hydrogens is 314 g/mol. The highest BCUT2D eigenvalue weighted by Crippen LogP contribution is 2.21. The molecule has 3 heterocycles. The molecule has 1 aliphatic heterocycles. The summed E-state index contributed by atoms with van der Waals surface area (Å²) in [5.74, 6) is 0.546. The van der Waals surface area contributed by atoms with Gasteiger partial charge in [0.25, 0.3) is 5.91 Å². The van der Waals surface area contributed by atoms with Crippen molar-refractivity contribution in [1.82, 2.24) is 20.3 Å². The second-order valence-corrected chi connectivity index (χ2v) is 5.98. The fraction of sp³-hybridized carbons (Fsp3) is 0.467. The molecule has 0 aliphatic carbocycles. The van der Waals surface area contributed by atoms with Gasteiger partial charge < -0.3 is 15.0 Å². The summed E-state index contributed by atoms with van der Waals surface area (Å²) in [4.78, 5) is 27.1. The number of morpholine rings is 1. The molecule has 0 atom stereocenters. The van der Waals surface area contributed by atoms with E-state index in [4.69, 9.17) is 4.74 Å². The Labute approximate surface area is 138 Å². The van der Waals surface area contributed by atoms with Gasteiger partial charge in [-0.25, -0.2) is 15.0 Å². The number of nitrogens with one attached hydrogen (secondary N) is 1. The van der Waals surface area contributed by atoms with Gasteiger partial charge in [0.05, 0.1) is 31.0 Å². The molecule has 0 radical (unpaired) electrons. The number of nitrogens with zero attached hydrogens (tertiary/aromatic N) is 4. The number of thiazole rings is 1. The minimum absolute atomic E-state index is 0.187. The zero-order valence-electron chi connectivity index (χ0n) is 13.0. The summed E-state index contributed by atoms with van der Waals surface area (Å²) in [6.45, 7) is 5.57. The molecule has 0 saturated carbocycles. The molecule has 2 aromatic heterocycles. The van der Waals surface area contributed by atoms with E-state index >= 15 is 0 Å². The van der Waals surface area contributed by atoms with Crippen LogP contribution in [0.4, 0.5) is 5.13 Å². The van der Waals surface area contributed by atoms with E-state index in [0.29, 0.717) is 12.1 Å². The highest BCUT2D eigenvalue weighted by atomic mass is 32.1. The summed E-state index contributed by atoms with van der Waals surface area (Å²) in [6.07, 6.45) is 3.87. The van der Waals surface area contributed by atoms with Crippen molar-refractivity contribution >= 4 is 22.4 Å². The first-order chi connectivity index (χ1) is 11.3. The Balaban J connectivity index is 1.55. The molecule has 0 spiro atoms. The van der Waals surface area contributed by atoms with E-state index in [9.17, 15) is 4.79 Å². The highest BCUT2D eigenvalue weighted by Gasteiger charge is 2.15. The third kappa shape index (κ3) is 4.02. The van der Waals surface area contributed by atoms with E-state index < -0.39 is 0 Å². The quantitative estimate of drug-likeness (QED) is 0.887. The average Bonchev–Trinajstić information content (AvgIpc) is 3.09. The number of hydrogen-bond donors (Lipinski definition) is 1. The molecule has 2 aromatic rings. The molecule has 1 N–H and O–H groups in total. The summed E-state index contributed by atoms with van der Waals surface area (Å²) in [6, 6.07) is 0. The lowest BCUT2D eigenvalue weighted by Gasteiger charge is -2.26. The molecule has 7 nitrogen and oxygen atoms in total. The Hall–Kier alpha value is -2.06. The van der Waals surface area contributed by atoms with E-state index in [1.54, 1.807) is 23.7 Å². The second kappa shape index (κ2) is 7.47. The smallest absolute Gasteiger partial charge is 0.254 e. The molecule has 0 bridgehead atoms. The van der Waals surface area contributed by atoms with Crippen LogP contribution in [0.15, 0.2) is 17.8 Å². The first kappa shape index (κ1) is 15.8. The summed E-state index contributed by atoms with van der Waals surface area (Å²) in [5, 5.41) is 5.80. The Morgan fingerprint density at radius 3 is 2.78 bits per heavy atom. The van der Waals surface area contributed by atoms with Crippen molar-refractivity contribution in [3.05, 3.63) is 34.9 Å². The number of aryl methyl sites for hydroxylation is 1. The second-order valence-electron chi connectivity index (χ2n) is 5.15. The van der Waals surface area contributed by atoms with Crippen LogP contribution >= 0.6 is 11.3 Å².